The highest BCUT2D eigenvalue weighted by Crippen LogP contribution is 2.07. The molecule has 0 saturated carbocycles. The van der Waals surface area contributed by atoms with E-state index in [2.05, 4.69) is 10.9 Å². The highest BCUT2D eigenvalue weighted by molar-refractivity contribution is 5.95. The zero-order valence-electron chi connectivity index (χ0n) is 6.47. The van der Waals surface area contributed by atoms with Crippen molar-refractivity contribution >= 4 is 5.78 Å². The van der Waals surface area contributed by atoms with E-state index in [1.807, 2.05) is 0 Å². The molecule has 1 aromatic heterocycles. The molecule has 0 unspecified atom stereocenters. The van der Waals surface area contributed by atoms with Gasteiger partial charge in [0.2, 0.25) is 0 Å². The van der Waals surface area contributed by atoms with Crippen LogP contribution in [0.15, 0.2) is 12.3 Å². The van der Waals surface area contributed by atoms with Crippen LogP contribution in [0, 0.1) is 18.2 Å². The fourth-order valence-electron chi connectivity index (χ4n) is 0.823. The largest absolute Gasteiger partial charge is 0.294 e. The Hall–Kier alpha value is -1.69. The molecule has 0 aliphatic heterocycles. The minimum atomic E-state index is -0.556. The van der Waals surface area contributed by atoms with Crippen LogP contribution < -0.4 is 0 Å². The van der Waals surface area contributed by atoms with E-state index in [0.29, 0.717) is 0 Å². The van der Waals surface area contributed by atoms with E-state index in [1.54, 1.807) is 0 Å². The smallest absolute Gasteiger partial charge is 0.162 e. The summed E-state index contributed by atoms with van der Waals surface area (Å²) in [5.74, 6) is 1.37. The molecule has 3 heteroatoms. The van der Waals surface area contributed by atoms with Crippen molar-refractivity contribution in [1.82, 2.24) is 4.98 Å². The SMILES string of the molecule is C#Cc1ncc(F)cc1C(C)=O. The van der Waals surface area contributed by atoms with Crippen LogP contribution in [-0.4, -0.2) is 10.8 Å². The second kappa shape index (κ2) is 3.14. The van der Waals surface area contributed by atoms with Crippen molar-refractivity contribution in [1.29, 1.82) is 0 Å². The van der Waals surface area contributed by atoms with Gasteiger partial charge in [-0.15, -0.1) is 6.42 Å². The fraction of sp³-hybridized carbons (Fsp3) is 0.111. The van der Waals surface area contributed by atoms with Gasteiger partial charge in [0.25, 0.3) is 0 Å². The average molecular weight is 163 g/mol. The Morgan fingerprint density at radius 2 is 2.42 bits per heavy atom. The maximum absolute atomic E-state index is 12.6. The lowest BCUT2D eigenvalue weighted by Crippen LogP contribution is -2.00. The first-order chi connectivity index (χ1) is 5.65. The Balaban J connectivity index is 3.34. The average Bonchev–Trinajstić information content (AvgIpc) is 2.04. The standard InChI is InChI=1S/C9H6FNO/c1-3-9-8(6(2)12)4-7(10)5-11-9/h1,4-5H,2H3. The molecule has 12 heavy (non-hydrogen) atoms. The minimum Gasteiger partial charge on any atom is -0.294 e. The second-order valence-electron chi connectivity index (χ2n) is 2.25. The molecule has 0 saturated heterocycles. The lowest BCUT2D eigenvalue weighted by molar-refractivity contribution is 0.101. The lowest BCUT2D eigenvalue weighted by atomic mass is 10.1. The van der Waals surface area contributed by atoms with Crippen LogP contribution in [0.4, 0.5) is 4.39 Å². The van der Waals surface area contributed by atoms with E-state index in [4.69, 9.17) is 6.42 Å². The number of hydrogen-bond acceptors (Lipinski definition) is 2. The van der Waals surface area contributed by atoms with Gasteiger partial charge in [-0.25, -0.2) is 9.37 Å². The number of rotatable bonds is 1. The summed E-state index contributed by atoms with van der Waals surface area (Å²) in [6.07, 6.45) is 6.04. The maximum Gasteiger partial charge on any atom is 0.162 e. The van der Waals surface area contributed by atoms with Crippen LogP contribution in [0.3, 0.4) is 0 Å². The summed E-state index contributed by atoms with van der Waals surface area (Å²) < 4.78 is 12.6. The predicted octanol–water partition coefficient (Wildman–Crippen LogP) is 1.40. The number of pyridine rings is 1. The molecule has 0 aliphatic rings. The van der Waals surface area contributed by atoms with Gasteiger partial charge in [0, 0.05) is 0 Å². The molecule has 0 radical (unpaired) electrons. The topological polar surface area (TPSA) is 30.0 Å². The summed E-state index contributed by atoms with van der Waals surface area (Å²) in [7, 11) is 0. The first-order valence-corrected chi connectivity index (χ1v) is 3.28. The Kier molecular flexibility index (Phi) is 2.20. The van der Waals surface area contributed by atoms with E-state index >= 15 is 0 Å². The van der Waals surface area contributed by atoms with Gasteiger partial charge in [-0.2, -0.15) is 0 Å². The highest BCUT2D eigenvalue weighted by Gasteiger charge is 2.07. The lowest BCUT2D eigenvalue weighted by Gasteiger charge is -1.97. The number of hydrogen-bond donors (Lipinski definition) is 0. The zero-order valence-corrected chi connectivity index (χ0v) is 6.47. The molecule has 1 aromatic rings. The third-order valence-electron chi connectivity index (χ3n) is 1.37. The van der Waals surface area contributed by atoms with Crippen LogP contribution in [0.5, 0.6) is 0 Å². The number of carbonyl (C=O) groups is 1. The van der Waals surface area contributed by atoms with E-state index in [0.717, 1.165) is 12.3 Å². The van der Waals surface area contributed by atoms with Crippen LogP contribution in [0.2, 0.25) is 0 Å². The van der Waals surface area contributed by atoms with Crippen molar-refractivity contribution < 1.29 is 9.18 Å². The summed E-state index contributed by atoms with van der Waals surface area (Å²) >= 11 is 0. The normalized spacial score (nSPS) is 9.08. The van der Waals surface area contributed by atoms with Crippen molar-refractivity contribution in [2.75, 3.05) is 0 Å². The van der Waals surface area contributed by atoms with Gasteiger partial charge in [-0.3, -0.25) is 4.79 Å². The Morgan fingerprint density at radius 3 is 2.92 bits per heavy atom. The molecule has 1 rings (SSSR count). The number of Topliss-reactive ketones (excluding diaryl/α,β-unsaturated/α-hetero) is 1. The van der Waals surface area contributed by atoms with E-state index in [9.17, 15) is 9.18 Å². The molecule has 0 bridgehead atoms. The molecule has 1 heterocycles. The number of nitrogens with zero attached hydrogens (tertiary/aromatic N) is 1. The number of halogens is 1. The monoisotopic (exact) mass is 163 g/mol. The fourth-order valence-corrected chi connectivity index (χ4v) is 0.823. The summed E-state index contributed by atoms with van der Waals surface area (Å²) in [5.41, 5.74) is 0.335. The van der Waals surface area contributed by atoms with Crippen LogP contribution in [0.1, 0.15) is 23.0 Å². The molecular weight excluding hydrogens is 157 g/mol. The number of carbonyl (C=O) groups excluding carboxylic acids is 1. The first kappa shape index (κ1) is 8.41. The van der Waals surface area contributed by atoms with Crippen LogP contribution in [-0.2, 0) is 0 Å². The molecule has 0 atom stereocenters. The molecule has 0 aliphatic carbocycles. The molecule has 60 valence electrons. The van der Waals surface area contributed by atoms with Crippen LogP contribution >= 0.6 is 0 Å². The quantitative estimate of drug-likeness (QED) is 0.462. The van der Waals surface area contributed by atoms with Crippen molar-refractivity contribution in [2.24, 2.45) is 0 Å². The minimum absolute atomic E-state index is 0.150. The molecular formula is C9H6FNO. The van der Waals surface area contributed by atoms with Crippen molar-refractivity contribution in [3.8, 4) is 12.3 Å². The van der Waals surface area contributed by atoms with Gasteiger partial charge >= 0.3 is 0 Å². The summed E-state index contributed by atoms with van der Waals surface area (Å²) in [6, 6.07) is 1.09. The Morgan fingerprint density at radius 1 is 1.75 bits per heavy atom. The second-order valence-corrected chi connectivity index (χ2v) is 2.25. The molecule has 0 aromatic carbocycles. The Bertz CT molecular complexity index is 365. The molecule has 2 nitrogen and oxygen atoms in total. The van der Waals surface area contributed by atoms with Crippen LogP contribution in [0.25, 0.3) is 0 Å². The van der Waals surface area contributed by atoms with E-state index in [-0.39, 0.29) is 17.0 Å². The summed E-state index contributed by atoms with van der Waals surface area (Å²) in [6.45, 7) is 1.32. The maximum atomic E-state index is 12.6. The highest BCUT2D eigenvalue weighted by atomic mass is 19.1. The number of aromatic nitrogens is 1. The van der Waals surface area contributed by atoms with Gasteiger partial charge < -0.3 is 0 Å². The number of ketones is 1. The zero-order chi connectivity index (χ0) is 9.14. The van der Waals surface area contributed by atoms with Gasteiger partial charge in [-0.05, 0) is 18.9 Å². The van der Waals surface area contributed by atoms with Gasteiger partial charge in [0.05, 0.1) is 11.8 Å². The Labute approximate surface area is 69.4 Å². The van der Waals surface area contributed by atoms with E-state index < -0.39 is 5.82 Å². The predicted molar refractivity (Wildman–Crippen MR) is 42.1 cm³/mol. The van der Waals surface area contributed by atoms with Gasteiger partial charge in [-0.1, -0.05) is 0 Å². The van der Waals surface area contributed by atoms with Crippen molar-refractivity contribution in [2.45, 2.75) is 6.92 Å². The molecule has 0 fully saturated rings. The van der Waals surface area contributed by atoms with E-state index in [1.165, 1.54) is 6.92 Å². The van der Waals surface area contributed by atoms with Crippen molar-refractivity contribution in [3.05, 3.63) is 29.3 Å². The summed E-state index contributed by atoms with van der Waals surface area (Å²) in [4.78, 5) is 14.5. The molecule has 0 amide bonds. The van der Waals surface area contributed by atoms with Gasteiger partial charge in [0.15, 0.2) is 5.78 Å². The third kappa shape index (κ3) is 1.48. The van der Waals surface area contributed by atoms with Crippen molar-refractivity contribution in [3.63, 3.8) is 0 Å². The van der Waals surface area contributed by atoms with Gasteiger partial charge in [0.1, 0.15) is 11.5 Å². The number of terminal acetylenes is 1. The molecule has 0 spiro atoms. The third-order valence-corrected chi connectivity index (χ3v) is 1.37. The molecule has 0 N–H and O–H groups in total. The summed E-state index contributed by atoms with van der Waals surface area (Å²) in [5, 5.41) is 0. The first-order valence-electron chi connectivity index (χ1n) is 3.28.